The molecule has 0 saturated heterocycles. The summed E-state index contributed by atoms with van der Waals surface area (Å²) in [5, 5.41) is 30.7. The monoisotopic (exact) mass is 354 g/mol. The Morgan fingerprint density at radius 3 is 2.40 bits per heavy atom. The molecule has 0 bridgehead atoms. The van der Waals surface area contributed by atoms with Gasteiger partial charge in [-0.2, -0.15) is 13.2 Å². The summed E-state index contributed by atoms with van der Waals surface area (Å²) < 4.78 is 37.9. The summed E-state index contributed by atoms with van der Waals surface area (Å²) in [5.41, 5.74) is -0.954. The van der Waals surface area contributed by atoms with Crippen LogP contribution in [0.1, 0.15) is 30.9 Å². The van der Waals surface area contributed by atoms with Crippen LogP contribution in [-0.2, 0) is 6.18 Å². The number of hydrogen-bond acceptors (Lipinski definition) is 6. The van der Waals surface area contributed by atoms with Crippen molar-refractivity contribution in [3.63, 3.8) is 0 Å². The van der Waals surface area contributed by atoms with Crippen LogP contribution in [-0.4, -0.2) is 37.0 Å². The lowest BCUT2D eigenvalue weighted by Crippen LogP contribution is -2.48. The second-order valence-corrected chi connectivity index (χ2v) is 6.60. The molecular formula is C16H17F3N4O2. The Morgan fingerprint density at radius 2 is 1.88 bits per heavy atom. The number of hydrogen-bond donors (Lipinski definition) is 3. The van der Waals surface area contributed by atoms with E-state index < -0.39 is 23.1 Å². The molecule has 0 atom stereocenters. The van der Waals surface area contributed by atoms with E-state index in [0.717, 1.165) is 0 Å². The van der Waals surface area contributed by atoms with Gasteiger partial charge in [-0.25, -0.2) is 4.98 Å². The maximum atomic E-state index is 12.6. The fraction of sp³-hybridized carbons (Fsp3) is 0.438. The highest BCUT2D eigenvalue weighted by Gasteiger charge is 2.38. The molecule has 0 aromatic carbocycles. The highest BCUT2D eigenvalue weighted by molar-refractivity contribution is 5.66. The van der Waals surface area contributed by atoms with Gasteiger partial charge in [0.15, 0.2) is 0 Å². The molecule has 0 spiro atoms. The van der Waals surface area contributed by atoms with Gasteiger partial charge in [0.25, 0.3) is 0 Å². The van der Waals surface area contributed by atoms with Crippen molar-refractivity contribution in [2.75, 3.05) is 5.32 Å². The summed E-state index contributed by atoms with van der Waals surface area (Å²) in [5.74, 6) is -0.115. The average molecular weight is 354 g/mol. The average Bonchev–Trinajstić information content (AvgIpc) is 2.45. The van der Waals surface area contributed by atoms with Gasteiger partial charge in [0.05, 0.1) is 11.2 Å². The van der Waals surface area contributed by atoms with Gasteiger partial charge in [0.2, 0.25) is 0 Å². The largest absolute Gasteiger partial charge is 0.506 e. The number of rotatable bonds is 3. The Hall–Kier alpha value is -2.42. The summed E-state index contributed by atoms with van der Waals surface area (Å²) in [4.78, 5) is 3.69. The smallest absolute Gasteiger partial charge is 0.418 e. The van der Waals surface area contributed by atoms with Crippen LogP contribution in [0.2, 0.25) is 0 Å². The lowest BCUT2D eigenvalue weighted by molar-refractivity contribution is -0.137. The summed E-state index contributed by atoms with van der Waals surface area (Å²) in [7, 11) is 0. The molecule has 2 heterocycles. The number of halogens is 3. The third kappa shape index (κ3) is 3.65. The molecule has 1 aliphatic carbocycles. The summed E-state index contributed by atoms with van der Waals surface area (Å²) in [6.07, 6.45) is -2.74. The van der Waals surface area contributed by atoms with Gasteiger partial charge in [-0.3, -0.25) is 0 Å². The summed E-state index contributed by atoms with van der Waals surface area (Å²) >= 11 is 0. The lowest BCUT2D eigenvalue weighted by atomic mass is 9.77. The zero-order valence-corrected chi connectivity index (χ0v) is 13.6. The molecule has 25 heavy (non-hydrogen) atoms. The Morgan fingerprint density at radius 1 is 1.20 bits per heavy atom. The predicted molar refractivity (Wildman–Crippen MR) is 83.9 cm³/mol. The first-order chi connectivity index (χ1) is 11.5. The van der Waals surface area contributed by atoms with Crippen molar-refractivity contribution in [2.24, 2.45) is 0 Å². The van der Waals surface area contributed by atoms with Crippen LogP contribution >= 0.6 is 0 Å². The van der Waals surface area contributed by atoms with Crippen LogP contribution in [0.3, 0.4) is 0 Å². The minimum Gasteiger partial charge on any atom is -0.506 e. The number of aryl methyl sites for hydroxylation is 1. The standard InChI is InChI=1S/C16H17F3N4O2/c1-8-3-12(21-10-5-15(2,25)6-10)22-23-13(8)14-11(24)4-9(7-20-14)16(17,18)19/h3-4,7,10,24-25H,5-6H2,1-2H3,(H,21,22). The van der Waals surface area contributed by atoms with E-state index in [-0.39, 0.29) is 17.4 Å². The molecular weight excluding hydrogens is 337 g/mol. The third-order valence-electron chi connectivity index (χ3n) is 4.13. The van der Waals surface area contributed by atoms with E-state index in [1.165, 1.54) is 0 Å². The van der Waals surface area contributed by atoms with Gasteiger partial charge in [-0.1, -0.05) is 0 Å². The number of aromatic nitrogens is 3. The normalized spacial score (nSPS) is 23.2. The number of aliphatic hydroxyl groups is 1. The van der Waals surface area contributed by atoms with Crippen LogP contribution in [0.4, 0.5) is 19.0 Å². The molecule has 1 fully saturated rings. The van der Waals surface area contributed by atoms with Crippen molar-refractivity contribution in [3.05, 3.63) is 29.5 Å². The van der Waals surface area contributed by atoms with E-state index in [1.807, 2.05) is 0 Å². The molecule has 0 radical (unpaired) electrons. The molecule has 6 nitrogen and oxygen atoms in total. The van der Waals surface area contributed by atoms with Crippen LogP contribution < -0.4 is 5.32 Å². The minimum absolute atomic E-state index is 0.0591. The van der Waals surface area contributed by atoms with E-state index >= 15 is 0 Å². The Balaban J connectivity index is 1.82. The molecule has 3 rings (SSSR count). The Kier molecular flexibility index (Phi) is 4.06. The SMILES string of the molecule is Cc1cc(NC2CC(C)(O)C2)nnc1-c1ncc(C(F)(F)F)cc1O. The first-order valence-electron chi connectivity index (χ1n) is 7.65. The van der Waals surface area contributed by atoms with Gasteiger partial charge < -0.3 is 15.5 Å². The number of alkyl halides is 3. The van der Waals surface area contributed by atoms with Gasteiger partial charge in [-0.05, 0) is 44.4 Å². The van der Waals surface area contributed by atoms with E-state index in [0.29, 0.717) is 36.5 Å². The van der Waals surface area contributed by atoms with Gasteiger partial charge >= 0.3 is 6.18 Å². The minimum atomic E-state index is -4.58. The molecule has 2 aromatic heterocycles. The number of pyridine rings is 1. The molecule has 0 unspecified atom stereocenters. The molecule has 0 aliphatic heterocycles. The first kappa shape index (κ1) is 17.4. The van der Waals surface area contributed by atoms with E-state index in [9.17, 15) is 23.4 Å². The van der Waals surface area contributed by atoms with Crippen LogP contribution in [0, 0.1) is 6.92 Å². The van der Waals surface area contributed by atoms with Crippen molar-refractivity contribution in [1.29, 1.82) is 0 Å². The molecule has 9 heteroatoms. The molecule has 3 N–H and O–H groups in total. The summed E-state index contributed by atoms with van der Waals surface area (Å²) in [6.45, 7) is 3.45. The second-order valence-electron chi connectivity index (χ2n) is 6.60. The Bertz CT molecular complexity index is 800. The fourth-order valence-electron chi connectivity index (χ4n) is 2.89. The van der Waals surface area contributed by atoms with E-state index in [4.69, 9.17) is 0 Å². The van der Waals surface area contributed by atoms with E-state index in [1.54, 1.807) is 19.9 Å². The number of nitrogens with zero attached hydrogens (tertiary/aromatic N) is 3. The van der Waals surface area contributed by atoms with E-state index in [2.05, 4.69) is 20.5 Å². The first-order valence-corrected chi connectivity index (χ1v) is 7.65. The van der Waals surface area contributed by atoms with Crippen LogP contribution in [0.15, 0.2) is 18.3 Å². The third-order valence-corrected chi connectivity index (χ3v) is 4.13. The lowest BCUT2D eigenvalue weighted by Gasteiger charge is -2.41. The van der Waals surface area contributed by atoms with Gasteiger partial charge in [0.1, 0.15) is 23.0 Å². The molecule has 2 aromatic rings. The van der Waals surface area contributed by atoms with Crippen molar-refractivity contribution in [2.45, 2.75) is 44.5 Å². The highest BCUT2D eigenvalue weighted by atomic mass is 19.4. The topological polar surface area (TPSA) is 91.2 Å². The second kappa shape index (κ2) is 5.83. The maximum absolute atomic E-state index is 12.6. The molecule has 0 amide bonds. The van der Waals surface area contributed by atoms with Crippen molar-refractivity contribution in [3.8, 4) is 17.1 Å². The highest BCUT2D eigenvalue weighted by Crippen LogP contribution is 2.36. The Labute approximate surface area is 141 Å². The molecule has 1 saturated carbocycles. The quantitative estimate of drug-likeness (QED) is 0.785. The zero-order valence-electron chi connectivity index (χ0n) is 13.6. The molecule has 1 aliphatic rings. The fourth-order valence-corrected chi connectivity index (χ4v) is 2.89. The van der Waals surface area contributed by atoms with Crippen molar-refractivity contribution < 1.29 is 23.4 Å². The summed E-state index contributed by atoms with van der Waals surface area (Å²) in [6, 6.07) is 2.38. The van der Waals surface area contributed by atoms with Crippen LogP contribution in [0.25, 0.3) is 11.4 Å². The predicted octanol–water partition coefficient (Wildman–Crippen LogP) is 2.90. The van der Waals surface area contributed by atoms with Gasteiger partial charge in [-0.15, -0.1) is 10.2 Å². The number of anilines is 1. The molecule has 134 valence electrons. The van der Waals surface area contributed by atoms with Crippen molar-refractivity contribution in [1.82, 2.24) is 15.2 Å². The number of nitrogens with one attached hydrogen (secondary N) is 1. The van der Waals surface area contributed by atoms with Gasteiger partial charge in [0, 0.05) is 12.2 Å². The zero-order chi connectivity index (χ0) is 18.4. The number of aromatic hydroxyl groups is 1. The van der Waals surface area contributed by atoms with Crippen LogP contribution in [0.5, 0.6) is 5.75 Å². The maximum Gasteiger partial charge on any atom is 0.418 e. The van der Waals surface area contributed by atoms with Crippen molar-refractivity contribution >= 4 is 5.82 Å².